The number of carbonyl (C=O) groups is 2. The Hall–Kier alpha value is -4.10. The molecule has 1 saturated heterocycles. The van der Waals surface area contributed by atoms with E-state index in [9.17, 15) is 14.9 Å². The number of anilines is 2. The number of carbonyl (C=O) groups excluding carboxylic acids is 2. The molecular weight excluding hydrogens is 448 g/mol. The molecule has 0 spiro atoms. The highest BCUT2D eigenvalue weighted by molar-refractivity contribution is 6.04. The maximum absolute atomic E-state index is 12.7. The second-order valence-electron chi connectivity index (χ2n) is 8.72. The third-order valence-corrected chi connectivity index (χ3v) is 5.59. The van der Waals surface area contributed by atoms with Crippen LogP contribution in [0, 0.1) is 17.2 Å². The van der Waals surface area contributed by atoms with Gasteiger partial charge in [-0.2, -0.15) is 10.2 Å². The quantitative estimate of drug-likeness (QED) is 0.508. The molecule has 1 aliphatic rings. The predicted molar refractivity (Wildman–Crippen MR) is 130 cm³/mol. The molecule has 0 unspecified atom stereocenters. The van der Waals surface area contributed by atoms with E-state index in [-0.39, 0.29) is 29.9 Å². The third-order valence-electron chi connectivity index (χ3n) is 5.59. The second-order valence-corrected chi connectivity index (χ2v) is 8.72. The van der Waals surface area contributed by atoms with E-state index in [1.807, 2.05) is 23.6 Å². The number of aromatic nitrogens is 1. The molecule has 0 atom stereocenters. The molecule has 3 aromatic rings. The number of piperazine rings is 1. The zero-order valence-electron chi connectivity index (χ0n) is 19.8. The van der Waals surface area contributed by atoms with E-state index in [1.165, 1.54) is 6.26 Å². The summed E-state index contributed by atoms with van der Waals surface area (Å²) in [6.07, 6.45) is 1.52. The summed E-state index contributed by atoms with van der Waals surface area (Å²) in [5, 5.41) is 15.2. The Balaban J connectivity index is 1.33. The van der Waals surface area contributed by atoms with Crippen LogP contribution in [-0.2, 0) is 4.79 Å². The minimum atomic E-state index is -0.211. The molecule has 1 aliphatic heterocycles. The Kier molecular flexibility index (Phi) is 7.48. The zero-order valence-corrected chi connectivity index (χ0v) is 19.8. The van der Waals surface area contributed by atoms with Crippen LogP contribution in [0.5, 0.6) is 0 Å². The fourth-order valence-electron chi connectivity index (χ4n) is 3.79. The van der Waals surface area contributed by atoms with E-state index in [0.29, 0.717) is 61.5 Å². The summed E-state index contributed by atoms with van der Waals surface area (Å²) >= 11 is 0. The van der Waals surface area contributed by atoms with Crippen molar-refractivity contribution in [1.82, 2.24) is 15.2 Å². The third kappa shape index (κ3) is 5.88. The van der Waals surface area contributed by atoms with Gasteiger partial charge in [0.2, 0.25) is 17.5 Å². The van der Waals surface area contributed by atoms with Crippen LogP contribution in [0.2, 0.25) is 0 Å². The number of benzene rings is 1. The number of hydrogen-bond acceptors (Lipinski definition) is 8. The van der Waals surface area contributed by atoms with Gasteiger partial charge >= 0.3 is 0 Å². The maximum Gasteiger partial charge on any atom is 0.266 e. The van der Waals surface area contributed by atoms with E-state index in [4.69, 9.17) is 8.83 Å². The summed E-state index contributed by atoms with van der Waals surface area (Å²) in [6.45, 7) is 7.15. The molecule has 1 aromatic carbocycles. The second kappa shape index (κ2) is 10.9. The average Bonchev–Trinajstić information content (AvgIpc) is 3.53. The molecule has 0 radical (unpaired) electrons. The van der Waals surface area contributed by atoms with Crippen LogP contribution in [0.1, 0.15) is 29.9 Å². The molecule has 3 heterocycles. The lowest BCUT2D eigenvalue weighted by atomic mass is 10.1. The Morgan fingerprint density at radius 3 is 2.60 bits per heavy atom. The average molecular weight is 477 g/mol. The summed E-state index contributed by atoms with van der Waals surface area (Å²) in [5.41, 5.74) is 1.13. The summed E-state index contributed by atoms with van der Waals surface area (Å²) in [6, 6.07) is 12.5. The molecule has 2 amide bonds. The van der Waals surface area contributed by atoms with Crippen LogP contribution >= 0.6 is 0 Å². The van der Waals surface area contributed by atoms with Crippen molar-refractivity contribution in [1.29, 1.82) is 5.26 Å². The first-order valence-electron chi connectivity index (χ1n) is 11.5. The van der Waals surface area contributed by atoms with Gasteiger partial charge in [-0.25, -0.2) is 0 Å². The van der Waals surface area contributed by atoms with Crippen molar-refractivity contribution in [3.8, 4) is 17.7 Å². The molecule has 4 rings (SSSR count). The molecule has 182 valence electrons. The Morgan fingerprint density at radius 1 is 1.14 bits per heavy atom. The molecular formula is C25H28N6O4. The van der Waals surface area contributed by atoms with Crippen molar-refractivity contribution in [3.63, 3.8) is 0 Å². The normalized spacial score (nSPS) is 14.1. The van der Waals surface area contributed by atoms with Gasteiger partial charge < -0.3 is 24.4 Å². The van der Waals surface area contributed by atoms with Gasteiger partial charge in [0.25, 0.3) is 11.8 Å². The summed E-state index contributed by atoms with van der Waals surface area (Å²) in [5.74, 6) is 1.06. The largest absolute Gasteiger partial charge is 0.459 e. The topological polar surface area (TPSA) is 128 Å². The number of furan rings is 1. The highest BCUT2D eigenvalue weighted by Gasteiger charge is 2.26. The SMILES string of the molecule is CC(C)CNC(=O)c1ccccc1NC(=O)CN1CCN(c2oc(-c3ccco3)nc2C#N)CC1. The first-order chi connectivity index (χ1) is 16.9. The monoisotopic (exact) mass is 476 g/mol. The number of nitrogens with zero attached hydrogens (tertiary/aromatic N) is 4. The Labute approximate surface area is 203 Å². The molecule has 0 aliphatic carbocycles. The van der Waals surface area contributed by atoms with Crippen LogP contribution in [0.25, 0.3) is 11.7 Å². The Bertz CT molecular complexity index is 1200. The van der Waals surface area contributed by atoms with Gasteiger partial charge in [-0.05, 0) is 30.2 Å². The summed E-state index contributed by atoms with van der Waals surface area (Å²) in [7, 11) is 0. The first-order valence-corrected chi connectivity index (χ1v) is 11.5. The van der Waals surface area contributed by atoms with Gasteiger partial charge in [0, 0.05) is 32.7 Å². The highest BCUT2D eigenvalue weighted by Crippen LogP contribution is 2.29. The molecule has 0 bridgehead atoms. The van der Waals surface area contributed by atoms with Gasteiger partial charge in [0.05, 0.1) is 24.1 Å². The van der Waals surface area contributed by atoms with Crippen molar-refractivity contribution in [2.24, 2.45) is 5.92 Å². The summed E-state index contributed by atoms with van der Waals surface area (Å²) in [4.78, 5) is 33.4. The van der Waals surface area contributed by atoms with Crippen LogP contribution in [0.15, 0.2) is 51.5 Å². The number of para-hydroxylation sites is 1. The predicted octanol–water partition coefficient (Wildman–Crippen LogP) is 2.95. The molecule has 0 saturated carbocycles. The molecule has 2 N–H and O–H groups in total. The zero-order chi connectivity index (χ0) is 24.8. The number of hydrogen-bond donors (Lipinski definition) is 2. The standard InChI is InChI=1S/C25H28N6O4/c1-17(2)15-27-23(33)18-6-3-4-7-19(18)28-22(32)16-30-9-11-31(12-10-30)25-20(14-26)29-24(35-25)21-8-5-13-34-21/h3-8,13,17H,9-12,15-16H2,1-2H3,(H,27,33)(H,28,32). The molecule has 35 heavy (non-hydrogen) atoms. The molecule has 2 aromatic heterocycles. The highest BCUT2D eigenvalue weighted by atomic mass is 16.4. The smallest absolute Gasteiger partial charge is 0.266 e. The molecule has 10 heteroatoms. The lowest BCUT2D eigenvalue weighted by Crippen LogP contribution is -2.48. The fraction of sp³-hybridized carbons (Fsp3) is 0.360. The van der Waals surface area contributed by atoms with E-state index >= 15 is 0 Å². The van der Waals surface area contributed by atoms with Crippen LogP contribution < -0.4 is 15.5 Å². The van der Waals surface area contributed by atoms with Crippen molar-refractivity contribution in [2.45, 2.75) is 13.8 Å². The first kappa shape index (κ1) is 24.0. The molecule has 10 nitrogen and oxygen atoms in total. The maximum atomic E-state index is 12.7. The van der Waals surface area contributed by atoms with E-state index in [2.05, 4.69) is 21.7 Å². The van der Waals surface area contributed by atoms with Crippen molar-refractivity contribution >= 4 is 23.4 Å². The van der Waals surface area contributed by atoms with Gasteiger partial charge in [-0.15, -0.1) is 0 Å². The number of nitrogens with one attached hydrogen (secondary N) is 2. The van der Waals surface area contributed by atoms with Gasteiger partial charge in [0.1, 0.15) is 6.07 Å². The number of oxazole rings is 1. The number of amides is 2. The van der Waals surface area contributed by atoms with E-state index in [1.54, 1.807) is 36.4 Å². The van der Waals surface area contributed by atoms with Gasteiger partial charge in [-0.3, -0.25) is 14.5 Å². The summed E-state index contributed by atoms with van der Waals surface area (Å²) < 4.78 is 11.1. The van der Waals surface area contributed by atoms with E-state index < -0.39 is 0 Å². The van der Waals surface area contributed by atoms with Gasteiger partial charge in [0.15, 0.2) is 5.76 Å². The Morgan fingerprint density at radius 2 is 1.91 bits per heavy atom. The van der Waals surface area contributed by atoms with E-state index in [0.717, 1.165) is 0 Å². The number of rotatable bonds is 8. The minimum Gasteiger partial charge on any atom is -0.459 e. The van der Waals surface area contributed by atoms with Crippen LogP contribution in [-0.4, -0.2) is 61.0 Å². The fourth-order valence-corrected chi connectivity index (χ4v) is 3.79. The van der Waals surface area contributed by atoms with Crippen LogP contribution in [0.3, 0.4) is 0 Å². The lowest BCUT2D eigenvalue weighted by Gasteiger charge is -2.34. The van der Waals surface area contributed by atoms with Crippen molar-refractivity contribution in [3.05, 3.63) is 53.9 Å². The molecule has 1 fully saturated rings. The van der Waals surface area contributed by atoms with Crippen molar-refractivity contribution < 1.29 is 18.4 Å². The lowest BCUT2D eigenvalue weighted by molar-refractivity contribution is -0.117. The van der Waals surface area contributed by atoms with Gasteiger partial charge in [-0.1, -0.05) is 26.0 Å². The van der Waals surface area contributed by atoms with Crippen molar-refractivity contribution in [2.75, 3.05) is 49.5 Å². The number of nitriles is 1. The minimum absolute atomic E-state index is 0.189. The van der Waals surface area contributed by atoms with Crippen LogP contribution in [0.4, 0.5) is 11.6 Å².